The zero-order chi connectivity index (χ0) is 14.7. The van der Waals surface area contributed by atoms with E-state index < -0.39 is 0 Å². The molecule has 5 heteroatoms. The molecule has 1 amide bonds. The molecular formula is C15H18N4O. The van der Waals surface area contributed by atoms with Crippen molar-refractivity contribution in [2.75, 3.05) is 35.8 Å². The molecule has 2 aromatic rings. The first-order valence-corrected chi connectivity index (χ1v) is 6.21. The molecule has 0 atom stereocenters. The van der Waals surface area contributed by atoms with E-state index >= 15 is 0 Å². The number of rotatable bonds is 3. The van der Waals surface area contributed by atoms with Crippen molar-refractivity contribution >= 4 is 28.7 Å². The van der Waals surface area contributed by atoms with Crippen LogP contribution < -0.4 is 21.7 Å². The summed E-state index contributed by atoms with van der Waals surface area (Å²) < 4.78 is 0. The van der Waals surface area contributed by atoms with Crippen LogP contribution in [0.15, 0.2) is 42.5 Å². The first-order chi connectivity index (χ1) is 9.47. The van der Waals surface area contributed by atoms with Gasteiger partial charge in [-0.3, -0.25) is 4.79 Å². The van der Waals surface area contributed by atoms with Gasteiger partial charge in [0.15, 0.2) is 0 Å². The zero-order valence-electron chi connectivity index (χ0n) is 11.6. The maximum atomic E-state index is 12.1. The number of nitrogens with zero attached hydrogens (tertiary/aromatic N) is 1. The van der Waals surface area contributed by atoms with Crippen LogP contribution in [0.1, 0.15) is 10.4 Å². The summed E-state index contributed by atoms with van der Waals surface area (Å²) in [6.07, 6.45) is 0. The Morgan fingerprint density at radius 2 is 1.70 bits per heavy atom. The Balaban J connectivity index is 2.15. The quantitative estimate of drug-likeness (QED) is 0.746. The molecule has 0 heterocycles. The molecule has 0 unspecified atom stereocenters. The van der Waals surface area contributed by atoms with E-state index in [-0.39, 0.29) is 5.91 Å². The molecule has 5 N–H and O–H groups in total. The summed E-state index contributed by atoms with van der Waals surface area (Å²) in [5, 5.41) is 2.81. The van der Waals surface area contributed by atoms with Gasteiger partial charge < -0.3 is 21.7 Å². The minimum Gasteiger partial charge on any atom is -0.399 e. The Morgan fingerprint density at radius 3 is 2.25 bits per heavy atom. The summed E-state index contributed by atoms with van der Waals surface area (Å²) in [5.74, 6) is -0.250. The molecule has 0 saturated heterocycles. The van der Waals surface area contributed by atoms with Crippen LogP contribution in [0.25, 0.3) is 0 Å². The third kappa shape index (κ3) is 3.00. The molecule has 2 aromatic carbocycles. The molecule has 0 radical (unpaired) electrons. The highest BCUT2D eigenvalue weighted by molar-refractivity contribution is 6.08. The lowest BCUT2D eigenvalue weighted by Crippen LogP contribution is -2.14. The highest BCUT2D eigenvalue weighted by atomic mass is 16.1. The minimum absolute atomic E-state index is 0.250. The maximum absolute atomic E-state index is 12.1. The molecule has 5 nitrogen and oxygen atoms in total. The Hall–Kier alpha value is -2.69. The molecule has 0 aliphatic carbocycles. The van der Waals surface area contributed by atoms with E-state index in [1.165, 1.54) is 0 Å². The number of nitrogen functional groups attached to an aromatic ring is 2. The summed E-state index contributed by atoms with van der Waals surface area (Å²) in [7, 11) is 3.92. The third-order valence-electron chi connectivity index (χ3n) is 2.96. The summed E-state index contributed by atoms with van der Waals surface area (Å²) in [4.78, 5) is 14.1. The molecule has 104 valence electrons. The molecule has 0 bridgehead atoms. The maximum Gasteiger partial charge on any atom is 0.257 e. The Kier molecular flexibility index (Phi) is 3.79. The van der Waals surface area contributed by atoms with Crippen LogP contribution in [0.5, 0.6) is 0 Å². The van der Waals surface area contributed by atoms with E-state index in [1.807, 2.05) is 43.3 Å². The smallest absolute Gasteiger partial charge is 0.257 e. The van der Waals surface area contributed by atoms with E-state index in [2.05, 4.69) is 5.32 Å². The standard InChI is InChI=1S/C15H18N4O/c1-19(2)12-6-4-11(5-7-12)18-15(20)13-8-3-10(16)9-14(13)17/h3-9H,16-17H2,1-2H3,(H,18,20). The summed E-state index contributed by atoms with van der Waals surface area (Å²) >= 11 is 0. The van der Waals surface area contributed by atoms with Crippen molar-refractivity contribution in [3.63, 3.8) is 0 Å². The van der Waals surface area contributed by atoms with Gasteiger partial charge in [0.2, 0.25) is 0 Å². The predicted molar refractivity (Wildman–Crippen MR) is 84.0 cm³/mol. The molecule has 0 aliphatic rings. The summed E-state index contributed by atoms with van der Waals surface area (Å²) in [6, 6.07) is 12.4. The van der Waals surface area contributed by atoms with Crippen molar-refractivity contribution < 1.29 is 4.79 Å². The fourth-order valence-electron chi connectivity index (χ4n) is 1.83. The molecule has 20 heavy (non-hydrogen) atoms. The van der Waals surface area contributed by atoms with Gasteiger partial charge in [-0.2, -0.15) is 0 Å². The summed E-state index contributed by atoms with van der Waals surface area (Å²) in [6.45, 7) is 0. The van der Waals surface area contributed by atoms with E-state index in [0.29, 0.717) is 16.9 Å². The molecule has 0 spiro atoms. The van der Waals surface area contributed by atoms with Crippen molar-refractivity contribution in [3.8, 4) is 0 Å². The third-order valence-corrected chi connectivity index (χ3v) is 2.96. The number of carbonyl (C=O) groups is 1. The van der Waals surface area contributed by atoms with Crippen molar-refractivity contribution in [2.24, 2.45) is 0 Å². The largest absolute Gasteiger partial charge is 0.399 e. The van der Waals surface area contributed by atoms with Gasteiger partial charge in [0.05, 0.1) is 5.56 Å². The number of amides is 1. The molecule has 0 fully saturated rings. The van der Waals surface area contributed by atoms with Crippen molar-refractivity contribution in [1.29, 1.82) is 0 Å². The van der Waals surface area contributed by atoms with Crippen LogP contribution in [-0.2, 0) is 0 Å². The monoisotopic (exact) mass is 270 g/mol. The molecule has 2 rings (SSSR count). The van der Waals surface area contributed by atoms with Gasteiger partial charge in [-0.15, -0.1) is 0 Å². The molecule has 0 aromatic heterocycles. The number of carbonyl (C=O) groups excluding carboxylic acids is 1. The van der Waals surface area contributed by atoms with Crippen LogP contribution in [-0.4, -0.2) is 20.0 Å². The lowest BCUT2D eigenvalue weighted by atomic mass is 10.1. The van der Waals surface area contributed by atoms with Gasteiger partial charge in [-0.05, 0) is 42.5 Å². The molecule has 0 saturated carbocycles. The number of hydrogen-bond donors (Lipinski definition) is 3. The normalized spacial score (nSPS) is 10.1. The van der Waals surface area contributed by atoms with Crippen LogP contribution in [0.2, 0.25) is 0 Å². The Morgan fingerprint density at radius 1 is 1.05 bits per heavy atom. The number of anilines is 4. The number of nitrogens with two attached hydrogens (primary N) is 2. The zero-order valence-corrected chi connectivity index (χ0v) is 11.6. The average Bonchev–Trinajstić information content (AvgIpc) is 2.39. The number of nitrogens with one attached hydrogen (secondary N) is 1. The van der Waals surface area contributed by atoms with Gasteiger partial charge in [0, 0.05) is 36.8 Å². The van der Waals surface area contributed by atoms with Crippen molar-refractivity contribution in [3.05, 3.63) is 48.0 Å². The van der Waals surface area contributed by atoms with E-state index in [9.17, 15) is 4.79 Å². The lowest BCUT2D eigenvalue weighted by molar-refractivity contribution is 0.102. The van der Waals surface area contributed by atoms with Gasteiger partial charge in [-0.25, -0.2) is 0 Å². The Labute approximate surface area is 118 Å². The van der Waals surface area contributed by atoms with Crippen molar-refractivity contribution in [2.45, 2.75) is 0 Å². The van der Waals surface area contributed by atoms with Gasteiger partial charge in [0.1, 0.15) is 0 Å². The second kappa shape index (κ2) is 5.52. The number of hydrogen-bond acceptors (Lipinski definition) is 4. The van der Waals surface area contributed by atoms with Gasteiger partial charge in [-0.1, -0.05) is 0 Å². The van der Waals surface area contributed by atoms with E-state index in [0.717, 1.165) is 11.4 Å². The highest BCUT2D eigenvalue weighted by Gasteiger charge is 2.10. The Bertz CT molecular complexity index is 620. The van der Waals surface area contributed by atoms with Crippen LogP contribution in [0.4, 0.5) is 22.7 Å². The van der Waals surface area contributed by atoms with Crippen LogP contribution in [0.3, 0.4) is 0 Å². The SMILES string of the molecule is CN(C)c1ccc(NC(=O)c2ccc(N)cc2N)cc1. The fraction of sp³-hybridized carbons (Fsp3) is 0.133. The van der Waals surface area contributed by atoms with Crippen LogP contribution >= 0.6 is 0 Å². The predicted octanol–water partition coefficient (Wildman–Crippen LogP) is 2.17. The topological polar surface area (TPSA) is 84.4 Å². The van der Waals surface area contributed by atoms with Crippen LogP contribution in [0, 0.1) is 0 Å². The first-order valence-electron chi connectivity index (χ1n) is 6.21. The number of benzene rings is 2. The molecule has 0 aliphatic heterocycles. The first kappa shape index (κ1) is 13.7. The van der Waals surface area contributed by atoms with E-state index in [1.54, 1.807) is 18.2 Å². The van der Waals surface area contributed by atoms with Gasteiger partial charge >= 0.3 is 0 Å². The van der Waals surface area contributed by atoms with E-state index in [4.69, 9.17) is 11.5 Å². The molecular weight excluding hydrogens is 252 g/mol. The highest BCUT2D eigenvalue weighted by Crippen LogP contribution is 2.19. The van der Waals surface area contributed by atoms with Gasteiger partial charge in [0.25, 0.3) is 5.91 Å². The minimum atomic E-state index is -0.250. The second-order valence-corrected chi connectivity index (χ2v) is 4.74. The summed E-state index contributed by atoms with van der Waals surface area (Å²) in [5.41, 5.74) is 14.5. The average molecular weight is 270 g/mol. The second-order valence-electron chi connectivity index (χ2n) is 4.74. The van der Waals surface area contributed by atoms with Crippen molar-refractivity contribution in [1.82, 2.24) is 0 Å². The lowest BCUT2D eigenvalue weighted by Gasteiger charge is -2.13. The fourth-order valence-corrected chi connectivity index (χ4v) is 1.83.